The van der Waals surface area contributed by atoms with Gasteiger partial charge in [-0.3, -0.25) is 0 Å². The van der Waals surface area contributed by atoms with Crippen molar-refractivity contribution in [2.45, 2.75) is 45.4 Å². The van der Waals surface area contributed by atoms with Crippen LogP contribution in [0.15, 0.2) is 0 Å². The molecule has 0 bridgehead atoms. The molecule has 0 fully saturated rings. The Bertz CT molecular complexity index is 115. The van der Waals surface area contributed by atoms with Crippen LogP contribution in [-0.4, -0.2) is 13.1 Å². The molecule has 0 heterocycles. The van der Waals surface area contributed by atoms with Crippen molar-refractivity contribution < 1.29 is 0 Å². The fourth-order valence-corrected chi connectivity index (χ4v) is 1.09. The molecule has 0 aromatic heterocycles. The Morgan fingerprint density at radius 1 is 1.08 bits per heavy atom. The monoisotopic (exact) mass is 168 g/mol. The van der Waals surface area contributed by atoms with Crippen LogP contribution in [0.5, 0.6) is 0 Å². The molecule has 70 valence electrons. The molecule has 0 saturated heterocycles. The molecular weight excluding hydrogens is 148 g/mol. The minimum Gasteiger partial charge on any atom is -0.317 e. The van der Waals surface area contributed by atoms with Crippen LogP contribution in [0.4, 0.5) is 0 Å². The summed E-state index contributed by atoms with van der Waals surface area (Å²) in [6, 6.07) is 2.14. The minimum absolute atomic E-state index is 0.682. The van der Waals surface area contributed by atoms with Crippen LogP contribution in [-0.2, 0) is 0 Å². The van der Waals surface area contributed by atoms with Crippen LogP contribution in [0.2, 0.25) is 0 Å². The highest BCUT2D eigenvalue weighted by Crippen LogP contribution is 1.96. The highest BCUT2D eigenvalue weighted by molar-refractivity contribution is 4.68. The molecule has 0 aromatic carbocycles. The van der Waals surface area contributed by atoms with Crippen LogP contribution < -0.4 is 5.32 Å². The Kier molecular flexibility index (Phi) is 9.97. The molecule has 0 atom stereocenters. The van der Waals surface area contributed by atoms with Crippen LogP contribution >= 0.6 is 0 Å². The number of hydrogen-bond acceptors (Lipinski definition) is 2. The zero-order chi connectivity index (χ0) is 9.07. The third-order valence-electron chi connectivity index (χ3n) is 1.85. The largest absolute Gasteiger partial charge is 0.317 e. The molecule has 0 aliphatic heterocycles. The van der Waals surface area contributed by atoms with Gasteiger partial charge in [0.1, 0.15) is 0 Å². The number of unbranched alkanes of at least 4 members (excludes halogenated alkanes) is 4. The van der Waals surface area contributed by atoms with E-state index in [0.717, 1.165) is 19.5 Å². The van der Waals surface area contributed by atoms with Gasteiger partial charge in [0.2, 0.25) is 0 Å². The first-order chi connectivity index (χ1) is 5.91. The summed E-state index contributed by atoms with van der Waals surface area (Å²) in [4.78, 5) is 0. The van der Waals surface area contributed by atoms with Gasteiger partial charge in [-0.1, -0.05) is 26.2 Å². The van der Waals surface area contributed by atoms with Gasteiger partial charge in [0.25, 0.3) is 0 Å². The van der Waals surface area contributed by atoms with E-state index < -0.39 is 0 Å². The fraction of sp³-hybridized carbons (Fsp3) is 0.900. The maximum atomic E-state index is 8.26. The molecule has 12 heavy (non-hydrogen) atoms. The standard InChI is InChI=1S/C10H20N2/c1-2-3-4-6-9-12-10-7-5-8-11/h12H,2-7,9-10H2,1H3. The van der Waals surface area contributed by atoms with Crippen molar-refractivity contribution in [3.63, 3.8) is 0 Å². The molecular formula is C10H20N2. The zero-order valence-corrected chi connectivity index (χ0v) is 8.10. The molecule has 0 aliphatic carbocycles. The number of rotatable bonds is 8. The summed E-state index contributed by atoms with van der Waals surface area (Å²) < 4.78 is 0. The molecule has 0 aliphatic rings. The zero-order valence-electron chi connectivity index (χ0n) is 8.10. The van der Waals surface area contributed by atoms with Crippen molar-refractivity contribution in [2.24, 2.45) is 0 Å². The van der Waals surface area contributed by atoms with Crippen molar-refractivity contribution >= 4 is 0 Å². The Morgan fingerprint density at radius 2 is 1.83 bits per heavy atom. The highest BCUT2D eigenvalue weighted by Gasteiger charge is 1.88. The Hall–Kier alpha value is -0.550. The van der Waals surface area contributed by atoms with E-state index >= 15 is 0 Å². The summed E-state index contributed by atoms with van der Waals surface area (Å²) in [6.45, 7) is 4.34. The lowest BCUT2D eigenvalue weighted by Gasteiger charge is -2.01. The average molecular weight is 168 g/mol. The van der Waals surface area contributed by atoms with Crippen molar-refractivity contribution in [1.82, 2.24) is 5.32 Å². The van der Waals surface area contributed by atoms with Crippen LogP contribution in [0.25, 0.3) is 0 Å². The summed E-state index contributed by atoms with van der Waals surface area (Å²) >= 11 is 0. The van der Waals surface area contributed by atoms with Gasteiger partial charge in [-0.25, -0.2) is 0 Å². The lowest BCUT2D eigenvalue weighted by atomic mass is 10.2. The van der Waals surface area contributed by atoms with Gasteiger partial charge < -0.3 is 5.32 Å². The Morgan fingerprint density at radius 3 is 2.50 bits per heavy atom. The fourth-order valence-electron chi connectivity index (χ4n) is 1.09. The average Bonchev–Trinajstić information content (AvgIpc) is 2.10. The first-order valence-corrected chi connectivity index (χ1v) is 4.99. The number of nitrogens with zero attached hydrogens (tertiary/aromatic N) is 1. The van der Waals surface area contributed by atoms with Gasteiger partial charge in [0.05, 0.1) is 6.07 Å². The van der Waals surface area contributed by atoms with Gasteiger partial charge in [-0.15, -0.1) is 0 Å². The second-order valence-corrected chi connectivity index (χ2v) is 3.07. The second kappa shape index (κ2) is 10.4. The summed E-state index contributed by atoms with van der Waals surface area (Å²) in [7, 11) is 0. The second-order valence-electron chi connectivity index (χ2n) is 3.07. The Balaban J connectivity index is 2.78. The predicted octanol–water partition coefficient (Wildman–Crippen LogP) is 2.46. The maximum Gasteiger partial charge on any atom is 0.0622 e. The van der Waals surface area contributed by atoms with E-state index in [0.29, 0.717) is 6.42 Å². The predicted molar refractivity (Wildman–Crippen MR) is 51.9 cm³/mol. The SMILES string of the molecule is CCCCCCNCCCC#N. The molecule has 0 aromatic rings. The van der Waals surface area contributed by atoms with Crippen molar-refractivity contribution in [3.8, 4) is 6.07 Å². The van der Waals surface area contributed by atoms with E-state index in [-0.39, 0.29) is 0 Å². The van der Waals surface area contributed by atoms with Gasteiger partial charge in [0, 0.05) is 6.42 Å². The molecule has 0 saturated carbocycles. The van der Waals surface area contributed by atoms with Gasteiger partial charge in [0.15, 0.2) is 0 Å². The normalized spacial score (nSPS) is 9.67. The molecule has 0 radical (unpaired) electrons. The van der Waals surface area contributed by atoms with E-state index in [9.17, 15) is 0 Å². The first kappa shape index (κ1) is 11.4. The first-order valence-electron chi connectivity index (χ1n) is 4.99. The molecule has 0 rings (SSSR count). The molecule has 0 unspecified atom stereocenters. The maximum absolute atomic E-state index is 8.26. The minimum atomic E-state index is 0.682. The molecule has 2 nitrogen and oxygen atoms in total. The van der Waals surface area contributed by atoms with E-state index in [1.807, 2.05) is 0 Å². The number of nitriles is 1. The van der Waals surface area contributed by atoms with Crippen molar-refractivity contribution in [3.05, 3.63) is 0 Å². The smallest absolute Gasteiger partial charge is 0.0622 e. The molecule has 1 N–H and O–H groups in total. The van der Waals surface area contributed by atoms with Crippen LogP contribution in [0.1, 0.15) is 45.4 Å². The van der Waals surface area contributed by atoms with Gasteiger partial charge >= 0.3 is 0 Å². The lowest BCUT2D eigenvalue weighted by molar-refractivity contribution is 0.588. The summed E-state index contributed by atoms with van der Waals surface area (Å²) in [6.07, 6.45) is 6.93. The third kappa shape index (κ3) is 9.45. The summed E-state index contributed by atoms with van der Waals surface area (Å²) in [5.74, 6) is 0. The quantitative estimate of drug-likeness (QED) is 0.565. The topological polar surface area (TPSA) is 35.8 Å². The van der Waals surface area contributed by atoms with Crippen molar-refractivity contribution in [2.75, 3.05) is 13.1 Å². The van der Waals surface area contributed by atoms with Crippen LogP contribution in [0.3, 0.4) is 0 Å². The van der Waals surface area contributed by atoms with E-state index in [1.165, 1.54) is 25.7 Å². The van der Waals surface area contributed by atoms with E-state index in [1.54, 1.807) is 0 Å². The third-order valence-corrected chi connectivity index (χ3v) is 1.85. The van der Waals surface area contributed by atoms with Gasteiger partial charge in [-0.2, -0.15) is 5.26 Å². The van der Waals surface area contributed by atoms with Gasteiger partial charge in [-0.05, 0) is 25.9 Å². The van der Waals surface area contributed by atoms with E-state index in [4.69, 9.17) is 5.26 Å². The van der Waals surface area contributed by atoms with Crippen molar-refractivity contribution in [1.29, 1.82) is 5.26 Å². The number of nitrogens with one attached hydrogen (secondary N) is 1. The lowest BCUT2D eigenvalue weighted by Crippen LogP contribution is -2.16. The summed E-state index contributed by atoms with van der Waals surface area (Å²) in [5, 5.41) is 11.6. The van der Waals surface area contributed by atoms with Crippen LogP contribution in [0, 0.1) is 11.3 Å². The number of hydrogen-bond donors (Lipinski definition) is 1. The summed E-state index contributed by atoms with van der Waals surface area (Å²) in [5.41, 5.74) is 0. The molecule has 2 heteroatoms. The molecule has 0 spiro atoms. The highest BCUT2D eigenvalue weighted by atomic mass is 14.8. The molecule has 0 amide bonds. The van der Waals surface area contributed by atoms with E-state index in [2.05, 4.69) is 18.3 Å². The Labute approximate surface area is 76.0 Å².